The molecular formula is C12H9N3O4. The van der Waals surface area contributed by atoms with E-state index in [9.17, 15) is 9.59 Å². The molecular weight excluding hydrogens is 250 g/mol. The molecule has 2 heterocycles. The third-order valence-corrected chi connectivity index (χ3v) is 2.95. The summed E-state index contributed by atoms with van der Waals surface area (Å²) in [6.45, 7) is 0. The number of aryl methyl sites for hydroxylation is 1. The van der Waals surface area contributed by atoms with E-state index in [1.54, 1.807) is 25.2 Å². The van der Waals surface area contributed by atoms with Crippen molar-refractivity contribution in [2.24, 2.45) is 7.05 Å². The van der Waals surface area contributed by atoms with Gasteiger partial charge in [-0.1, -0.05) is 6.07 Å². The van der Waals surface area contributed by atoms with Crippen LogP contribution in [0.3, 0.4) is 0 Å². The monoisotopic (exact) mass is 259 g/mol. The highest BCUT2D eigenvalue weighted by Gasteiger charge is 2.15. The molecule has 3 rings (SSSR count). The molecule has 0 fully saturated rings. The fourth-order valence-electron chi connectivity index (χ4n) is 1.96. The minimum atomic E-state index is -1.07. The molecule has 0 amide bonds. The van der Waals surface area contributed by atoms with E-state index in [4.69, 9.17) is 9.52 Å². The number of carboxylic acids is 1. The SMILES string of the molecule is Cn1c(=O)oc2cc(-c3[nH]ncc3C(=O)O)ccc21. The summed E-state index contributed by atoms with van der Waals surface area (Å²) in [6.07, 6.45) is 1.24. The average Bonchev–Trinajstić information content (AvgIpc) is 2.95. The van der Waals surface area contributed by atoms with Crippen molar-refractivity contribution in [2.75, 3.05) is 0 Å². The number of rotatable bonds is 2. The summed E-state index contributed by atoms with van der Waals surface area (Å²) in [5, 5.41) is 15.4. The Morgan fingerprint density at radius 3 is 3.00 bits per heavy atom. The first-order valence-corrected chi connectivity index (χ1v) is 5.44. The first-order valence-electron chi connectivity index (χ1n) is 5.44. The molecule has 0 aliphatic rings. The summed E-state index contributed by atoms with van der Waals surface area (Å²) < 4.78 is 6.44. The molecule has 19 heavy (non-hydrogen) atoms. The minimum absolute atomic E-state index is 0.0672. The Bertz CT molecular complexity index is 840. The van der Waals surface area contributed by atoms with Gasteiger partial charge in [0.1, 0.15) is 5.56 Å². The van der Waals surface area contributed by atoms with Crippen molar-refractivity contribution in [1.29, 1.82) is 0 Å². The van der Waals surface area contributed by atoms with E-state index < -0.39 is 11.7 Å². The van der Waals surface area contributed by atoms with Crippen LogP contribution in [0, 0.1) is 0 Å². The first kappa shape index (κ1) is 11.3. The molecule has 7 heteroatoms. The van der Waals surface area contributed by atoms with Crippen LogP contribution < -0.4 is 5.76 Å². The van der Waals surface area contributed by atoms with Gasteiger partial charge in [-0.2, -0.15) is 5.10 Å². The van der Waals surface area contributed by atoms with Crippen molar-refractivity contribution in [3.63, 3.8) is 0 Å². The number of hydrogen-bond donors (Lipinski definition) is 2. The van der Waals surface area contributed by atoms with E-state index in [-0.39, 0.29) is 5.56 Å². The van der Waals surface area contributed by atoms with Gasteiger partial charge in [-0.3, -0.25) is 9.67 Å². The normalized spacial score (nSPS) is 11.0. The summed E-state index contributed by atoms with van der Waals surface area (Å²) in [4.78, 5) is 22.4. The number of aromatic carboxylic acids is 1. The van der Waals surface area contributed by atoms with E-state index in [0.29, 0.717) is 22.4 Å². The number of aromatic amines is 1. The molecule has 3 aromatic rings. The van der Waals surface area contributed by atoms with Crippen LogP contribution in [0.1, 0.15) is 10.4 Å². The van der Waals surface area contributed by atoms with Gasteiger partial charge in [-0.15, -0.1) is 0 Å². The number of aromatic nitrogens is 3. The molecule has 0 bridgehead atoms. The lowest BCUT2D eigenvalue weighted by molar-refractivity contribution is 0.0698. The maximum absolute atomic E-state index is 11.4. The maximum atomic E-state index is 11.4. The Balaban J connectivity index is 2.23. The van der Waals surface area contributed by atoms with Gasteiger partial charge in [0.25, 0.3) is 0 Å². The smallest absolute Gasteiger partial charge is 0.419 e. The Kier molecular flexibility index (Phi) is 2.28. The molecule has 7 nitrogen and oxygen atoms in total. The van der Waals surface area contributed by atoms with E-state index in [1.165, 1.54) is 10.8 Å². The molecule has 0 unspecified atom stereocenters. The number of oxazole rings is 1. The highest BCUT2D eigenvalue weighted by Crippen LogP contribution is 2.24. The lowest BCUT2D eigenvalue weighted by Gasteiger charge is -2.00. The van der Waals surface area contributed by atoms with Gasteiger partial charge in [-0.05, 0) is 12.1 Å². The molecule has 2 aromatic heterocycles. The number of carbonyl (C=O) groups is 1. The zero-order chi connectivity index (χ0) is 13.6. The number of hydrogen-bond acceptors (Lipinski definition) is 4. The highest BCUT2D eigenvalue weighted by atomic mass is 16.4. The van der Waals surface area contributed by atoms with Crippen LogP contribution in [-0.2, 0) is 7.05 Å². The van der Waals surface area contributed by atoms with E-state index in [1.807, 2.05) is 0 Å². The van der Waals surface area contributed by atoms with Crippen molar-refractivity contribution in [3.05, 3.63) is 40.5 Å². The van der Waals surface area contributed by atoms with E-state index in [2.05, 4.69) is 10.2 Å². The Labute approximate surface area is 106 Å². The van der Waals surface area contributed by atoms with Gasteiger partial charge in [0.05, 0.1) is 17.4 Å². The fraction of sp³-hybridized carbons (Fsp3) is 0.0833. The van der Waals surface area contributed by atoms with Crippen LogP contribution >= 0.6 is 0 Å². The van der Waals surface area contributed by atoms with Crippen molar-refractivity contribution in [3.8, 4) is 11.3 Å². The second-order valence-electron chi connectivity index (χ2n) is 4.07. The molecule has 0 spiro atoms. The topological polar surface area (TPSA) is 101 Å². The van der Waals surface area contributed by atoms with Crippen molar-refractivity contribution < 1.29 is 14.3 Å². The molecule has 0 aliphatic heterocycles. The summed E-state index contributed by atoms with van der Waals surface area (Å²) in [6, 6.07) is 5.01. The Morgan fingerprint density at radius 1 is 1.47 bits per heavy atom. The quantitative estimate of drug-likeness (QED) is 0.720. The zero-order valence-corrected chi connectivity index (χ0v) is 9.88. The second kappa shape index (κ2) is 3.84. The van der Waals surface area contributed by atoms with Gasteiger partial charge >= 0.3 is 11.7 Å². The molecule has 0 saturated carbocycles. The number of carboxylic acid groups (broad SMARTS) is 1. The number of nitrogens with zero attached hydrogens (tertiary/aromatic N) is 2. The second-order valence-corrected chi connectivity index (χ2v) is 4.07. The molecule has 1 aromatic carbocycles. The van der Waals surface area contributed by atoms with Gasteiger partial charge in [-0.25, -0.2) is 9.59 Å². The van der Waals surface area contributed by atoms with E-state index in [0.717, 1.165) is 0 Å². The Hall–Kier alpha value is -2.83. The van der Waals surface area contributed by atoms with Crippen molar-refractivity contribution in [1.82, 2.24) is 14.8 Å². The van der Waals surface area contributed by atoms with Crippen molar-refractivity contribution in [2.45, 2.75) is 0 Å². The van der Waals surface area contributed by atoms with Crippen LogP contribution in [0.25, 0.3) is 22.4 Å². The third kappa shape index (κ3) is 1.63. The number of nitrogens with one attached hydrogen (secondary N) is 1. The molecule has 2 N–H and O–H groups in total. The average molecular weight is 259 g/mol. The first-order chi connectivity index (χ1) is 9.08. The lowest BCUT2D eigenvalue weighted by atomic mass is 10.1. The van der Waals surface area contributed by atoms with Gasteiger partial charge < -0.3 is 9.52 Å². The predicted octanol–water partition coefficient (Wildman–Crippen LogP) is 1.22. The van der Waals surface area contributed by atoms with Gasteiger partial charge in [0, 0.05) is 12.6 Å². The van der Waals surface area contributed by atoms with Crippen LogP contribution in [0.15, 0.2) is 33.6 Å². The standard InChI is InChI=1S/C12H9N3O4/c1-15-8-3-2-6(4-9(8)19-12(15)18)10-7(11(16)17)5-13-14-10/h2-5H,1H3,(H,13,14)(H,16,17). The lowest BCUT2D eigenvalue weighted by Crippen LogP contribution is -2.08. The van der Waals surface area contributed by atoms with Gasteiger partial charge in [0.15, 0.2) is 5.58 Å². The maximum Gasteiger partial charge on any atom is 0.419 e. The number of fused-ring (bicyclic) bond motifs is 1. The highest BCUT2D eigenvalue weighted by molar-refractivity contribution is 5.95. The zero-order valence-electron chi connectivity index (χ0n) is 9.88. The summed E-state index contributed by atoms with van der Waals surface area (Å²) in [5.41, 5.74) is 2.08. The van der Waals surface area contributed by atoms with Crippen LogP contribution in [0.5, 0.6) is 0 Å². The minimum Gasteiger partial charge on any atom is -0.478 e. The number of benzene rings is 1. The van der Waals surface area contributed by atoms with Crippen LogP contribution in [0.2, 0.25) is 0 Å². The molecule has 0 aliphatic carbocycles. The summed E-state index contributed by atoms with van der Waals surface area (Å²) in [7, 11) is 1.60. The molecule has 0 saturated heterocycles. The van der Waals surface area contributed by atoms with E-state index >= 15 is 0 Å². The molecule has 0 atom stereocenters. The Morgan fingerprint density at radius 2 is 2.26 bits per heavy atom. The third-order valence-electron chi connectivity index (χ3n) is 2.95. The molecule has 0 radical (unpaired) electrons. The molecule has 96 valence electrons. The largest absolute Gasteiger partial charge is 0.478 e. The van der Waals surface area contributed by atoms with Crippen LogP contribution in [-0.4, -0.2) is 25.8 Å². The van der Waals surface area contributed by atoms with Crippen LogP contribution in [0.4, 0.5) is 0 Å². The van der Waals surface area contributed by atoms with Gasteiger partial charge in [0.2, 0.25) is 0 Å². The fourth-order valence-corrected chi connectivity index (χ4v) is 1.96. The van der Waals surface area contributed by atoms with Crippen molar-refractivity contribution >= 4 is 17.1 Å². The number of H-pyrrole nitrogens is 1. The summed E-state index contributed by atoms with van der Waals surface area (Å²) >= 11 is 0. The predicted molar refractivity (Wildman–Crippen MR) is 66.0 cm³/mol. The summed E-state index contributed by atoms with van der Waals surface area (Å²) in [5.74, 6) is -1.53.